The van der Waals surface area contributed by atoms with E-state index < -0.39 is 0 Å². The summed E-state index contributed by atoms with van der Waals surface area (Å²) in [5, 5.41) is 3.19. The zero-order valence-electron chi connectivity index (χ0n) is 12.5. The molecule has 0 saturated heterocycles. The van der Waals surface area contributed by atoms with Gasteiger partial charge in [-0.1, -0.05) is 0 Å². The summed E-state index contributed by atoms with van der Waals surface area (Å²) < 4.78 is 25.5. The van der Waals surface area contributed by atoms with E-state index in [9.17, 15) is 4.39 Å². The Bertz CT molecular complexity index is 599. The SMILES string of the molecule is COCCCn1cc(C)nc1Nc1ccc(F)cc1OC. The van der Waals surface area contributed by atoms with Crippen molar-refractivity contribution in [2.24, 2.45) is 0 Å². The van der Waals surface area contributed by atoms with Crippen molar-refractivity contribution >= 4 is 11.6 Å². The maximum Gasteiger partial charge on any atom is 0.207 e. The molecule has 1 N–H and O–H groups in total. The number of benzene rings is 1. The van der Waals surface area contributed by atoms with Crippen molar-refractivity contribution < 1.29 is 13.9 Å². The fourth-order valence-electron chi connectivity index (χ4n) is 2.09. The summed E-state index contributed by atoms with van der Waals surface area (Å²) in [6.07, 6.45) is 2.86. The molecule has 0 amide bonds. The Balaban J connectivity index is 2.19. The first kappa shape index (κ1) is 15.3. The lowest BCUT2D eigenvalue weighted by molar-refractivity contribution is 0.190. The molecule has 0 fully saturated rings. The highest BCUT2D eigenvalue weighted by atomic mass is 19.1. The zero-order valence-corrected chi connectivity index (χ0v) is 12.5. The van der Waals surface area contributed by atoms with Crippen LogP contribution in [0.1, 0.15) is 12.1 Å². The van der Waals surface area contributed by atoms with Crippen LogP contribution in [0.5, 0.6) is 5.75 Å². The van der Waals surface area contributed by atoms with Gasteiger partial charge in [-0.3, -0.25) is 0 Å². The first-order valence-electron chi connectivity index (χ1n) is 6.77. The summed E-state index contributed by atoms with van der Waals surface area (Å²) in [5.41, 5.74) is 1.59. The van der Waals surface area contributed by atoms with Gasteiger partial charge in [0.15, 0.2) is 0 Å². The first-order chi connectivity index (χ1) is 10.1. The highest BCUT2D eigenvalue weighted by Gasteiger charge is 2.10. The standard InChI is InChI=1S/C15H20FN3O2/c1-11-10-19(7-4-8-20-2)15(17-11)18-13-6-5-12(16)9-14(13)21-3/h5-6,9-10H,4,7-8H2,1-3H3,(H,17,18). The molecule has 0 atom stereocenters. The maximum atomic E-state index is 13.2. The number of imidazole rings is 1. The van der Waals surface area contributed by atoms with Crippen LogP contribution in [0.2, 0.25) is 0 Å². The second-order valence-electron chi connectivity index (χ2n) is 4.72. The number of hydrogen-bond donors (Lipinski definition) is 1. The molecule has 0 saturated carbocycles. The van der Waals surface area contributed by atoms with Crippen LogP contribution < -0.4 is 10.1 Å². The molecule has 1 heterocycles. The highest BCUT2D eigenvalue weighted by molar-refractivity contribution is 5.62. The van der Waals surface area contributed by atoms with Gasteiger partial charge in [-0.25, -0.2) is 9.37 Å². The van der Waals surface area contributed by atoms with E-state index in [1.165, 1.54) is 19.2 Å². The van der Waals surface area contributed by atoms with Crippen LogP contribution >= 0.6 is 0 Å². The van der Waals surface area contributed by atoms with Gasteiger partial charge < -0.3 is 19.4 Å². The minimum atomic E-state index is -0.336. The fourth-order valence-corrected chi connectivity index (χ4v) is 2.09. The number of anilines is 2. The molecule has 2 rings (SSSR count). The van der Waals surface area contributed by atoms with Crippen LogP contribution in [0.3, 0.4) is 0 Å². The monoisotopic (exact) mass is 293 g/mol. The molecule has 2 aromatic rings. The average molecular weight is 293 g/mol. The Hall–Kier alpha value is -2.08. The van der Waals surface area contributed by atoms with Crippen molar-refractivity contribution in [3.63, 3.8) is 0 Å². The normalized spacial score (nSPS) is 10.7. The van der Waals surface area contributed by atoms with Gasteiger partial charge in [-0.2, -0.15) is 0 Å². The molecule has 0 spiro atoms. The number of hydrogen-bond acceptors (Lipinski definition) is 4. The van der Waals surface area contributed by atoms with Gasteiger partial charge >= 0.3 is 0 Å². The van der Waals surface area contributed by atoms with Crippen LogP contribution in [-0.2, 0) is 11.3 Å². The molecular weight excluding hydrogens is 273 g/mol. The average Bonchev–Trinajstić information content (AvgIpc) is 2.81. The highest BCUT2D eigenvalue weighted by Crippen LogP contribution is 2.28. The molecule has 114 valence electrons. The summed E-state index contributed by atoms with van der Waals surface area (Å²) in [7, 11) is 3.19. The zero-order chi connectivity index (χ0) is 15.2. The molecular formula is C15H20FN3O2. The Morgan fingerprint density at radius 3 is 2.86 bits per heavy atom. The molecule has 1 aromatic heterocycles. The third-order valence-electron chi connectivity index (χ3n) is 3.05. The predicted molar refractivity (Wildman–Crippen MR) is 79.7 cm³/mol. The van der Waals surface area contributed by atoms with E-state index in [0.29, 0.717) is 24.0 Å². The first-order valence-corrected chi connectivity index (χ1v) is 6.77. The van der Waals surface area contributed by atoms with E-state index in [1.54, 1.807) is 13.2 Å². The van der Waals surface area contributed by atoms with Crippen molar-refractivity contribution in [3.8, 4) is 5.75 Å². The molecule has 0 unspecified atom stereocenters. The number of methoxy groups -OCH3 is 2. The van der Waals surface area contributed by atoms with Gasteiger partial charge in [-0.15, -0.1) is 0 Å². The number of rotatable bonds is 7. The number of ether oxygens (including phenoxy) is 2. The lowest BCUT2D eigenvalue weighted by atomic mass is 10.3. The van der Waals surface area contributed by atoms with Crippen molar-refractivity contribution in [1.29, 1.82) is 0 Å². The third-order valence-corrected chi connectivity index (χ3v) is 3.05. The van der Waals surface area contributed by atoms with Gasteiger partial charge in [-0.05, 0) is 25.5 Å². The van der Waals surface area contributed by atoms with Crippen LogP contribution in [0.4, 0.5) is 16.0 Å². The summed E-state index contributed by atoms with van der Waals surface area (Å²) in [6.45, 7) is 3.41. The molecule has 0 bridgehead atoms. The van der Waals surface area contributed by atoms with Gasteiger partial charge in [0, 0.05) is 32.5 Å². The van der Waals surface area contributed by atoms with E-state index in [4.69, 9.17) is 9.47 Å². The Morgan fingerprint density at radius 2 is 2.14 bits per heavy atom. The van der Waals surface area contributed by atoms with Gasteiger partial charge in [0.05, 0.1) is 18.5 Å². The quantitative estimate of drug-likeness (QED) is 0.797. The second-order valence-corrected chi connectivity index (χ2v) is 4.72. The minimum absolute atomic E-state index is 0.336. The minimum Gasteiger partial charge on any atom is -0.494 e. The number of halogens is 1. The van der Waals surface area contributed by atoms with E-state index in [-0.39, 0.29) is 5.82 Å². The van der Waals surface area contributed by atoms with Crippen molar-refractivity contribution in [2.45, 2.75) is 19.9 Å². The Labute approximate surface area is 123 Å². The number of nitrogens with zero attached hydrogens (tertiary/aromatic N) is 2. The van der Waals surface area contributed by atoms with Crippen LogP contribution in [-0.4, -0.2) is 30.4 Å². The predicted octanol–water partition coefficient (Wildman–Crippen LogP) is 3.12. The van der Waals surface area contributed by atoms with Crippen molar-refractivity contribution in [2.75, 3.05) is 26.1 Å². The van der Waals surface area contributed by atoms with E-state index >= 15 is 0 Å². The smallest absolute Gasteiger partial charge is 0.207 e. The van der Waals surface area contributed by atoms with Gasteiger partial charge in [0.25, 0.3) is 0 Å². The fraction of sp³-hybridized carbons (Fsp3) is 0.400. The van der Waals surface area contributed by atoms with Crippen molar-refractivity contribution in [3.05, 3.63) is 35.9 Å². The van der Waals surface area contributed by atoms with Gasteiger partial charge in [0.1, 0.15) is 11.6 Å². The Morgan fingerprint density at radius 1 is 1.33 bits per heavy atom. The molecule has 0 aliphatic rings. The molecule has 0 aliphatic carbocycles. The van der Waals surface area contributed by atoms with E-state index in [1.807, 2.05) is 17.7 Å². The van der Waals surface area contributed by atoms with Gasteiger partial charge in [0.2, 0.25) is 5.95 Å². The van der Waals surface area contributed by atoms with Crippen LogP contribution in [0.15, 0.2) is 24.4 Å². The molecule has 21 heavy (non-hydrogen) atoms. The Kier molecular flexibility index (Phi) is 5.16. The lowest BCUT2D eigenvalue weighted by Crippen LogP contribution is -2.06. The topological polar surface area (TPSA) is 48.3 Å². The third kappa shape index (κ3) is 3.95. The number of aromatic nitrogens is 2. The van der Waals surface area contributed by atoms with Crippen LogP contribution in [0, 0.1) is 12.7 Å². The molecule has 0 aliphatic heterocycles. The molecule has 6 heteroatoms. The van der Waals surface area contributed by atoms with Crippen LogP contribution in [0.25, 0.3) is 0 Å². The molecule has 5 nitrogen and oxygen atoms in total. The second kappa shape index (κ2) is 7.08. The largest absolute Gasteiger partial charge is 0.494 e. The number of nitrogens with one attached hydrogen (secondary N) is 1. The summed E-state index contributed by atoms with van der Waals surface area (Å²) >= 11 is 0. The summed E-state index contributed by atoms with van der Waals surface area (Å²) in [6, 6.07) is 4.36. The lowest BCUT2D eigenvalue weighted by Gasteiger charge is -2.12. The van der Waals surface area contributed by atoms with Crippen molar-refractivity contribution in [1.82, 2.24) is 9.55 Å². The summed E-state index contributed by atoms with van der Waals surface area (Å²) in [4.78, 5) is 4.44. The summed E-state index contributed by atoms with van der Waals surface area (Å²) in [5.74, 6) is 0.810. The van der Waals surface area contributed by atoms with E-state index in [0.717, 1.165) is 18.7 Å². The van der Waals surface area contributed by atoms with E-state index in [2.05, 4.69) is 10.3 Å². The maximum absolute atomic E-state index is 13.2. The molecule has 1 aromatic carbocycles. The molecule has 0 radical (unpaired) electrons. The number of aryl methyl sites for hydroxylation is 2.